The lowest BCUT2D eigenvalue weighted by Gasteiger charge is -2.31. The van der Waals surface area contributed by atoms with Crippen molar-refractivity contribution in [1.82, 2.24) is 14.5 Å². The molecule has 6 heteroatoms. The Hall–Kier alpha value is -3.25. The van der Waals surface area contributed by atoms with Gasteiger partial charge in [0.25, 0.3) is 11.5 Å². The third kappa shape index (κ3) is 5.22. The summed E-state index contributed by atoms with van der Waals surface area (Å²) in [6, 6.07) is 22.2. The van der Waals surface area contributed by atoms with Crippen molar-refractivity contribution >= 4 is 32.7 Å². The fourth-order valence-electron chi connectivity index (χ4n) is 4.25. The van der Waals surface area contributed by atoms with Crippen molar-refractivity contribution in [3.63, 3.8) is 0 Å². The van der Waals surface area contributed by atoms with Crippen LogP contribution in [0.3, 0.4) is 0 Å². The highest BCUT2D eigenvalue weighted by molar-refractivity contribution is 9.10. The summed E-state index contributed by atoms with van der Waals surface area (Å²) in [7, 11) is 0. The molecule has 180 valence electrons. The highest BCUT2D eigenvalue weighted by Crippen LogP contribution is 2.26. The third-order valence-electron chi connectivity index (χ3n) is 6.31. The molecule has 4 aromatic rings. The van der Waals surface area contributed by atoms with E-state index in [-0.39, 0.29) is 11.5 Å². The van der Waals surface area contributed by atoms with E-state index in [1.807, 2.05) is 85.5 Å². The fourth-order valence-corrected chi connectivity index (χ4v) is 4.51. The zero-order valence-corrected chi connectivity index (χ0v) is 22.1. The van der Waals surface area contributed by atoms with Crippen LogP contribution in [0.15, 0.2) is 82.1 Å². The molecule has 1 aromatic heterocycles. The number of aromatic nitrogens is 2. The first-order chi connectivity index (χ1) is 16.8. The number of para-hydroxylation sites is 1. The summed E-state index contributed by atoms with van der Waals surface area (Å²) in [6.07, 6.45) is 0.845. The first-order valence-electron chi connectivity index (χ1n) is 11.9. The molecule has 0 fully saturated rings. The minimum absolute atomic E-state index is 0.0546. The smallest absolute Gasteiger partial charge is 0.266 e. The van der Waals surface area contributed by atoms with Crippen LogP contribution in [0.4, 0.5) is 0 Å². The van der Waals surface area contributed by atoms with Crippen molar-refractivity contribution in [1.29, 1.82) is 0 Å². The van der Waals surface area contributed by atoms with E-state index in [1.54, 1.807) is 10.6 Å². The topological polar surface area (TPSA) is 55.2 Å². The first kappa shape index (κ1) is 24.9. The summed E-state index contributed by atoms with van der Waals surface area (Å²) in [5.74, 6) is 0.912. The zero-order chi connectivity index (χ0) is 25.1. The number of amides is 1. The van der Waals surface area contributed by atoms with Gasteiger partial charge in [-0.05, 0) is 74.2 Å². The number of carbonyl (C=O) groups excluding carboxylic acids is 1. The lowest BCUT2D eigenvalue weighted by Crippen LogP contribution is -2.38. The average Bonchev–Trinajstić information content (AvgIpc) is 2.84. The summed E-state index contributed by atoms with van der Waals surface area (Å²) in [5, 5.41) is 0.547. The zero-order valence-electron chi connectivity index (χ0n) is 20.5. The van der Waals surface area contributed by atoms with Crippen LogP contribution in [0.1, 0.15) is 55.0 Å². The van der Waals surface area contributed by atoms with Crippen LogP contribution < -0.4 is 5.56 Å². The quantitative estimate of drug-likeness (QED) is 0.266. The van der Waals surface area contributed by atoms with E-state index in [2.05, 4.69) is 29.8 Å². The number of rotatable bonds is 7. The lowest BCUT2D eigenvalue weighted by atomic mass is 10.0. The number of hydrogen-bond acceptors (Lipinski definition) is 3. The Morgan fingerprint density at radius 3 is 2.31 bits per heavy atom. The van der Waals surface area contributed by atoms with E-state index in [0.717, 1.165) is 16.5 Å². The summed E-state index contributed by atoms with van der Waals surface area (Å²) in [6.45, 7) is 8.77. The molecule has 5 nitrogen and oxygen atoms in total. The highest BCUT2D eigenvalue weighted by Gasteiger charge is 2.28. The van der Waals surface area contributed by atoms with Gasteiger partial charge in [-0.15, -0.1) is 0 Å². The Bertz CT molecular complexity index is 1410. The molecule has 0 bridgehead atoms. The van der Waals surface area contributed by atoms with Gasteiger partial charge in [-0.2, -0.15) is 0 Å². The SMILES string of the molecule is Cc1ccccc1C(=O)N(CCC(C)C)C(C)c1nc2ccccc2c(=O)n1-c1ccc(Br)cc1. The fraction of sp³-hybridized carbons (Fsp3) is 0.276. The Morgan fingerprint density at radius 1 is 0.971 bits per heavy atom. The molecule has 0 spiro atoms. The van der Waals surface area contributed by atoms with Crippen molar-refractivity contribution in [3.8, 4) is 5.69 Å². The number of carbonyl (C=O) groups is 1. The summed E-state index contributed by atoms with van der Waals surface area (Å²) < 4.78 is 2.57. The maximum Gasteiger partial charge on any atom is 0.266 e. The van der Waals surface area contributed by atoms with E-state index in [1.165, 1.54) is 0 Å². The standard InChI is InChI=1S/C29H30BrN3O2/c1-19(2)17-18-32(28(34)24-10-6-5-9-20(24)3)21(4)27-31-26-12-8-7-11-25(26)29(35)33(27)23-15-13-22(30)14-16-23/h5-16,19,21H,17-18H2,1-4H3. The second-order valence-electron chi connectivity index (χ2n) is 9.28. The molecule has 35 heavy (non-hydrogen) atoms. The maximum atomic E-state index is 13.8. The van der Waals surface area contributed by atoms with Crippen LogP contribution in [0, 0.1) is 12.8 Å². The first-order valence-corrected chi connectivity index (χ1v) is 12.7. The Labute approximate surface area is 214 Å². The number of hydrogen-bond donors (Lipinski definition) is 0. The molecule has 1 atom stereocenters. The molecule has 3 aromatic carbocycles. The van der Waals surface area contributed by atoms with Crippen molar-refractivity contribution in [3.05, 3.63) is 105 Å². The number of benzene rings is 3. The highest BCUT2D eigenvalue weighted by atomic mass is 79.9. The van der Waals surface area contributed by atoms with Gasteiger partial charge in [0, 0.05) is 16.6 Å². The molecular weight excluding hydrogens is 502 g/mol. The molecule has 0 saturated heterocycles. The minimum atomic E-state index is -0.429. The average molecular weight is 532 g/mol. The van der Waals surface area contributed by atoms with Gasteiger partial charge in [0.05, 0.1) is 22.6 Å². The van der Waals surface area contributed by atoms with Gasteiger partial charge < -0.3 is 4.90 Å². The number of nitrogens with zero attached hydrogens (tertiary/aromatic N) is 3. The summed E-state index contributed by atoms with van der Waals surface area (Å²) >= 11 is 3.48. The van der Waals surface area contributed by atoms with E-state index in [4.69, 9.17) is 4.98 Å². The monoisotopic (exact) mass is 531 g/mol. The van der Waals surface area contributed by atoms with E-state index < -0.39 is 6.04 Å². The largest absolute Gasteiger partial charge is 0.329 e. The van der Waals surface area contributed by atoms with Crippen LogP contribution in [-0.2, 0) is 0 Å². The Morgan fingerprint density at radius 2 is 1.63 bits per heavy atom. The van der Waals surface area contributed by atoms with Gasteiger partial charge in [0.15, 0.2) is 0 Å². The normalized spacial score (nSPS) is 12.2. The molecule has 0 N–H and O–H groups in total. The summed E-state index contributed by atoms with van der Waals surface area (Å²) in [4.78, 5) is 34.4. The molecule has 1 heterocycles. The van der Waals surface area contributed by atoms with Gasteiger partial charge in [-0.3, -0.25) is 14.2 Å². The molecule has 4 rings (SSSR count). The van der Waals surface area contributed by atoms with E-state index >= 15 is 0 Å². The number of fused-ring (bicyclic) bond motifs is 1. The van der Waals surface area contributed by atoms with Crippen molar-refractivity contribution in [2.75, 3.05) is 6.54 Å². The van der Waals surface area contributed by atoms with Crippen molar-refractivity contribution in [2.45, 2.75) is 40.2 Å². The van der Waals surface area contributed by atoms with Crippen LogP contribution >= 0.6 is 15.9 Å². The van der Waals surface area contributed by atoms with Crippen molar-refractivity contribution in [2.24, 2.45) is 5.92 Å². The molecule has 0 saturated carbocycles. The molecular formula is C29H30BrN3O2. The predicted octanol–water partition coefficient (Wildman–Crippen LogP) is 6.71. The number of halogens is 1. The van der Waals surface area contributed by atoms with Crippen LogP contribution in [-0.4, -0.2) is 26.9 Å². The van der Waals surface area contributed by atoms with Gasteiger partial charge in [0.2, 0.25) is 0 Å². The summed E-state index contributed by atoms with van der Waals surface area (Å²) in [5.41, 5.74) is 2.79. The molecule has 1 unspecified atom stereocenters. The van der Waals surface area contributed by atoms with Crippen molar-refractivity contribution < 1.29 is 4.79 Å². The predicted molar refractivity (Wildman–Crippen MR) is 145 cm³/mol. The van der Waals surface area contributed by atoms with Gasteiger partial charge in [-0.25, -0.2) is 4.98 Å². The lowest BCUT2D eigenvalue weighted by molar-refractivity contribution is 0.0670. The Kier molecular flexibility index (Phi) is 7.51. The van der Waals surface area contributed by atoms with Crippen LogP contribution in [0.5, 0.6) is 0 Å². The van der Waals surface area contributed by atoms with Gasteiger partial charge in [0.1, 0.15) is 5.82 Å². The molecule has 1 amide bonds. The molecule has 0 aliphatic carbocycles. The minimum Gasteiger partial charge on any atom is -0.329 e. The van der Waals surface area contributed by atoms with Crippen LogP contribution in [0.25, 0.3) is 16.6 Å². The number of aryl methyl sites for hydroxylation is 1. The maximum absolute atomic E-state index is 13.8. The van der Waals surface area contributed by atoms with Crippen LogP contribution in [0.2, 0.25) is 0 Å². The Balaban J connectivity index is 1.91. The third-order valence-corrected chi connectivity index (χ3v) is 6.84. The van der Waals surface area contributed by atoms with Gasteiger partial charge in [-0.1, -0.05) is 60.1 Å². The second-order valence-corrected chi connectivity index (χ2v) is 10.2. The molecule has 0 aliphatic rings. The van der Waals surface area contributed by atoms with E-state index in [9.17, 15) is 9.59 Å². The molecule has 0 radical (unpaired) electrons. The molecule has 0 aliphatic heterocycles. The van der Waals surface area contributed by atoms with E-state index in [0.29, 0.717) is 40.4 Å². The second kappa shape index (κ2) is 10.6. The van der Waals surface area contributed by atoms with Gasteiger partial charge >= 0.3 is 0 Å².